The van der Waals surface area contributed by atoms with Crippen molar-refractivity contribution >= 4 is 0 Å². The fraction of sp³-hybridized carbons (Fsp3) is 0.385. The molecule has 0 spiro atoms. The van der Waals surface area contributed by atoms with Gasteiger partial charge in [0.25, 0.3) is 0 Å². The topological polar surface area (TPSA) is 95.4 Å². The summed E-state index contributed by atoms with van der Waals surface area (Å²) < 4.78 is 12.5. The number of rotatable bonds is 5. The highest BCUT2D eigenvalue weighted by Crippen LogP contribution is 2.36. The largest absolute Gasteiger partial charge is 0.454 e. The van der Waals surface area contributed by atoms with Crippen molar-refractivity contribution in [2.75, 3.05) is 13.4 Å². The Bertz CT molecular complexity index is 612. The highest BCUT2D eigenvalue weighted by atomic mass is 16.7. The molecule has 3 rings (SSSR count). The summed E-state index contributed by atoms with van der Waals surface area (Å²) in [6, 6.07) is 5.69. The van der Waals surface area contributed by atoms with Crippen LogP contribution in [0.15, 0.2) is 18.2 Å². The molecule has 7 nitrogen and oxygen atoms in total. The van der Waals surface area contributed by atoms with Crippen LogP contribution in [0.2, 0.25) is 0 Å². The van der Waals surface area contributed by atoms with Crippen LogP contribution in [0.4, 0.5) is 0 Å². The lowest BCUT2D eigenvalue weighted by Crippen LogP contribution is -2.06. The van der Waals surface area contributed by atoms with Crippen LogP contribution in [0.1, 0.15) is 12.1 Å². The molecular formula is C13H16N4O3. The SMILES string of the molecule is NCc1nnn(CCCO)c1-c1ccc2c(c1)OCO2. The van der Waals surface area contributed by atoms with Crippen molar-refractivity contribution in [2.45, 2.75) is 19.5 Å². The van der Waals surface area contributed by atoms with Crippen molar-refractivity contribution in [3.63, 3.8) is 0 Å². The van der Waals surface area contributed by atoms with Crippen LogP contribution in [0.5, 0.6) is 11.5 Å². The number of hydrogen-bond donors (Lipinski definition) is 2. The number of nitrogens with zero attached hydrogens (tertiary/aromatic N) is 3. The number of fused-ring (bicyclic) bond motifs is 1. The van der Waals surface area contributed by atoms with Gasteiger partial charge in [0.2, 0.25) is 6.79 Å². The van der Waals surface area contributed by atoms with E-state index in [0.717, 1.165) is 22.7 Å². The van der Waals surface area contributed by atoms with E-state index in [-0.39, 0.29) is 13.4 Å². The molecule has 0 bridgehead atoms. The number of nitrogens with two attached hydrogens (primary N) is 1. The van der Waals surface area contributed by atoms with Gasteiger partial charge >= 0.3 is 0 Å². The highest BCUT2D eigenvalue weighted by molar-refractivity contribution is 5.66. The smallest absolute Gasteiger partial charge is 0.231 e. The Balaban J connectivity index is 2.01. The molecule has 2 heterocycles. The van der Waals surface area contributed by atoms with Gasteiger partial charge in [0.05, 0.1) is 5.69 Å². The molecular weight excluding hydrogens is 260 g/mol. The molecule has 0 radical (unpaired) electrons. The lowest BCUT2D eigenvalue weighted by Gasteiger charge is -2.08. The van der Waals surface area contributed by atoms with E-state index in [9.17, 15) is 0 Å². The van der Waals surface area contributed by atoms with Gasteiger partial charge in [-0.3, -0.25) is 0 Å². The van der Waals surface area contributed by atoms with Gasteiger partial charge in [0, 0.05) is 25.3 Å². The first-order valence-electron chi connectivity index (χ1n) is 6.47. The molecule has 20 heavy (non-hydrogen) atoms. The number of ether oxygens (including phenoxy) is 2. The zero-order chi connectivity index (χ0) is 13.9. The maximum Gasteiger partial charge on any atom is 0.231 e. The predicted molar refractivity (Wildman–Crippen MR) is 71.2 cm³/mol. The fourth-order valence-corrected chi connectivity index (χ4v) is 2.22. The van der Waals surface area contributed by atoms with E-state index in [1.807, 2.05) is 18.2 Å². The lowest BCUT2D eigenvalue weighted by molar-refractivity contribution is 0.174. The van der Waals surface area contributed by atoms with Gasteiger partial charge in [0.1, 0.15) is 5.69 Å². The minimum Gasteiger partial charge on any atom is -0.454 e. The second-order valence-corrected chi connectivity index (χ2v) is 4.46. The molecule has 0 fully saturated rings. The minimum atomic E-state index is 0.110. The van der Waals surface area contributed by atoms with Crippen LogP contribution in [0, 0.1) is 0 Å². The molecule has 2 aromatic rings. The van der Waals surface area contributed by atoms with Gasteiger partial charge in [0.15, 0.2) is 11.5 Å². The second-order valence-electron chi connectivity index (χ2n) is 4.46. The Morgan fingerprint density at radius 1 is 1.30 bits per heavy atom. The Morgan fingerprint density at radius 3 is 2.95 bits per heavy atom. The normalized spacial score (nSPS) is 12.9. The summed E-state index contributed by atoms with van der Waals surface area (Å²) in [6.07, 6.45) is 0.616. The summed E-state index contributed by atoms with van der Waals surface area (Å²) in [5.41, 5.74) is 8.23. The van der Waals surface area contributed by atoms with Gasteiger partial charge in [-0.1, -0.05) is 5.21 Å². The average Bonchev–Trinajstić information content (AvgIpc) is 3.10. The van der Waals surface area contributed by atoms with Crippen LogP contribution < -0.4 is 15.2 Å². The molecule has 1 aromatic heterocycles. The molecule has 0 saturated heterocycles. The number of benzene rings is 1. The van der Waals surface area contributed by atoms with E-state index >= 15 is 0 Å². The molecule has 0 atom stereocenters. The third-order valence-corrected chi connectivity index (χ3v) is 3.17. The predicted octanol–water partition coefficient (Wildman–Crippen LogP) is 0.515. The molecule has 0 saturated carbocycles. The van der Waals surface area contributed by atoms with Crippen molar-refractivity contribution < 1.29 is 14.6 Å². The summed E-state index contributed by atoms with van der Waals surface area (Å²) in [5.74, 6) is 1.44. The molecule has 3 N–H and O–H groups in total. The maximum absolute atomic E-state index is 8.96. The van der Waals surface area contributed by atoms with Crippen LogP contribution in [-0.4, -0.2) is 33.5 Å². The van der Waals surface area contributed by atoms with Crippen LogP contribution in [0.3, 0.4) is 0 Å². The zero-order valence-corrected chi connectivity index (χ0v) is 11.0. The Labute approximate surface area is 115 Å². The highest BCUT2D eigenvalue weighted by Gasteiger charge is 2.18. The molecule has 0 amide bonds. The number of aromatic nitrogens is 3. The first-order valence-corrected chi connectivity index (χ1v) is 6.47. The number of aliphatic hydroxyl groups is 1. The minimum absolute atomic E-state index is 0.110. The van der Waals surface area contributed by atoms with E-state index in [4.69, 9.17) is 20.3 Å². The summed E-state index contributed by atoms with van der Waals surface area (Å²) in [5, 5.41) is 17.1. The van der Waals surface area contributed by atoms with Gasteiger partial charge in [-0.05, 0) is 24.6 Å². The summed E-state index contributed by atoms with van der Waals surface area (Å²) >= 11 is 0. The van der Waals surface area contributed by atoms with Crippen molar-refractivity contribution in [1.82, 2.24) is 15.0 Å². The number of aliphatic hydroxyl groups excluding tert-OH is 1. The van der Waals surface area contributed by atoms with Gasteiger partial charge in [-0.25, -0.2) is 4.68 Å². The monoisotopic (exact) mass is 276 g/mol. The molecule has 106 valence electrons. The van der Waals surface area contributed by atoms with E-state index in [2.05, 4.69) is 10.3 Å². The lowest BCUT2D eigenvalue weighted by atomic mass is 10.1. The Hall–Kier alpha value is -2.12. The quantitative estimate of drug-likeness (QED) is 0.826. The molecule has 0 aliphatic carbocycles. The number of hydrogen-bond acceptors (Lipinski definition) is 6. The molecule has 7 heteroatoms. The fourth-order valence-electron chi connectivity index (χ4n) is 2.22. The van der Waals surface area contributed by atoms with Crippen molar-refractivity contribution in [3.8, 4) is 22.8 Å². The molecule has 0 unspecified atom stereocenters. The molecule has 1 aliphatic rings. The second kappa shape index (κ2) is 5.48. The first-order chi connectivity index (χ1) is 9.83. The standard InChI is InChI=1S/C13H16N4O3/c14-7-10-13(17(16-15-10)4-1-5-18)9-2-3-11-12(6-9)20-8-19-11/h2-3,6,18H,1,4-5,7-8,14H2. The summed E-state index contributed by atoms with van der Waals surface area (Å²) in [4.78, 5) is 0. The van der Waals surface area contributed by atoms with Crippen molar-refractivity contribution in [3.05, 3.63) is 23.9 Å². The van der Waals surface area contributed by atoms with E-state index in [1.54, 1.807) is 4.68 Å². The Kier molecular flexibility index (Phi) is 3.53. The van der Waals surface area contributed by atoms with Gasteiger partial charge in [-0.2, -0.15) is 0 Å². The summed E-state index contributed by atoms with van der Waals surface area (Å²) in [7, 11) is 0. The van der Waals surface area contributed by atoms with Crippen LogP contribution >= 0.6 is 0 Å². The van der Waals surface area contributed by atoms with E-state index < -0.39 is 0 Å². The Morgan fingerprint density at radius 2 is 2.15 bits per heavy atom. The van der Waals surface area contributed by atoms with Gasteiger partial charge in [-0.15, -0.1) is 5.10 Å². The van der Waals surface area contributed by atoms with Crippen molar-refractivity contribution in [1.29, 1.82) is 0 Å². The zero-order valence-electron chi connectivity index (χ0n) is 11.0. The third-order valence-electron chi connectivity index (χ3n) is 3.17. The maximum atomic E-state index is 8.96. The molecule has 1 aromatic carbocycles. The van der Waals surface area contributed by atoms with Gasteiger partial charge < -0.3 is 20.3 Å². The van der Waals surface area contributed by atoms with Crippen molar-refractivity contribution in [2.24, 2.45) is 5.73 Å². The average molecular weight is 276 g/mol. The van der Waals surface area contributed by atoms with Crippen LogP contribution in [-0.2, 0) is 13.1 Å². The first kappa shape index (κ1) is 12.9. The van der Waals surface area contributed by atoms with Crippen LogP contribution in [0.25, 0.3) is 11.3 Å². The number of aryl methyl sites for hydroxylation is 1. The van der Waals surface area contributed by atoms with E-state index in [1.165, 1.54) is 0 Å². The third kappa shape index (κ3) is 2.21. The molecule has 1 aliphatic heterocycles. The summed E-state index contributed by atoms with van der Waals surface area (Å²) in [6.45, 7) is 1.25. The van der Waals surface area contributed by atoms with E-state index in [0.29, 0.717) is 25.3 Å².